The number of hydrogen-bond donors (Lipinski definition) is 1. The van der Waals surface area contributed by atoms with Crippen molar-refractivity contribution in [3.05, 3.63) is 11.6 Å². The molecule has 8 heteroatoms. The predicted molar refractivity (Wildman–Crippen MR) is 84.4 cm³/mol. The number of nitrogens with one attached hydrogen (secondary N) is 1. The lowest BCUT2D eigenvalue weighted by Gasteiger charge is -2.29. The number of fused-ring (bicyclic) bond motifs is 1. The molecule has 0 aliphatic carbocycles. The molecule has 1 saturated heterocycles. The quantitative estimate of drug-likeness (QED) is 0.935. The van der Waals surface area contributed by atoms with Gasteiger partial charge in [-0.1, -0.05) is 6.92 Å². The molecule has 6 nitrogen and oxygen atoms in total. The number of nitrogens with zero attached hydrogens (tertiary/aromatic N) is 3. The first-order chi connectivity index (χ1) is 10.0. The zero-order chi connectivity index (χ0) is 15.0. The molecule has 1 N–H and O–H groups in total. The normalized spacial score (nSPS) is 21.0. The highest BCUT2D eigenvalue weighted by atomic mass is 32.2. The highest BCUT2D eigenvalue weighted by molar-refractivity contribution is 7.89. The largest absolute Gasteiger partial charge is 0.368 e. The van der Waals surface area contributed by atoms with E-state index in [0.29, 0.717) is 36.3 Å². The van der Waals surface area contributed by atoms with Crippen LogP contribution in [0.2, 0.25) is 0 Å². The highest BCUT2D eigenvalue weighted by Crippen LogP contribution is 2.30. The first-order valence-electron chi connectivity index (χ1n) is 7.23. The van der Waals surface area contributed by atoms with E-state index in [-0.39, 0.29) is 5.03 Å². The molecule has 1 aliphatic rings. The molecule has 1 fully saturated rings. The third-order valence-corrected chi connectivity index (χ3v) is 6.41. The summed E-state index contributed by atoms with van der Waals surface area (Å²) in [5.41, 5.74) is 0. The van der Waals surface area contributed by atoms with Crippen molar-refractivity contribution >= 4 is 32.1 Å². The van der Waals surface area contributed by atoms with Crippen LogP contribution >= 0.6 is 11.3 Å². The van der Waals surface area contributed by atoms with Gasteiger partial charge < -0.3 is 5.32 Å². The van der Waals surface area contributed by atoms with Crippen LogP contribution in [0.5, 0.6) is 0 Å². The Bertz CT molecular complexity index is 735. The van der Waals surface area contributed by atoms with Crippen molar-refractivity contribution in [3.63, 3.8) is 0 Å². The van der Waals surface area contributed by atoms with Gasteiger partial charge in [-0.05, 0) is 25.7 Å². The summed E-state index contributed by atoms with van der Waals surface area (Å²) in [6, 6.07) is 0. The monoisotopic (exact) mass is 328 g/mol. The van der Waals surface area contributed by atoms with E-state index < -0.39 is 10.0 Å². The summed E-state index contributed by atoms with van der Waals surface area (Å²) < 4.78 is 29.3. The molecule has 116 valence electrons. The van der Waals surface area contributed by atoms with Crippen LogP contribution in [0.3, 0.4) is 0 Å². The van der Waals surface area contributed by atoms with Gasteiger partial charge in [0.15, 0.2) is 15.8 Å². The molecule has 3 heterocycles. The third-order valence-electron chi connectivity index (χ3n) is 3.77. The first-order valence-corrected chi connectivity index (χ1v) is 9.55. The highest BCUT2D eigenvalue weighted by Gasteiger charge is 2.34. The van der Waals surface area contributed by atoms with Gasteiger partial charge in [0, 0.05) is 31.2 Å². The van der Waals surface area contributed by atoms with E-state index in [9.17, 15) is 8.42 Å². The topological polar surface area (TPSA) is 66.7 Å². The van der Waals surface area contributed by atoms with Crippen LogP contribution in [0, 0.1) is 5.92 Å². The maximum atomic E-state index is 13.0. The van der Waals surface area contributed by atoms with Crippen molar-refractivity contribution < 1.29 is 8.42 Å². The van der Waals surface area contributed by atoms with Gasteiger partial charge in [-0.15, -0.1) is 11.3 Å². The summed E-state index contributed by atoms with van der Waals surface area (Å²) in [6.45, 7) is 5.86. The van der Waals surface area contributed by atoms with Crippen molar-refractivity contribution in [2.45, 2.75) is 31.7 Å². The Kier molecular flexibility index (Phi) is 3.94. The average molecular weight is 328 g/mol. The summed E-state index contributed by atoms with van der Waals surface area (Å²) in [6.07, 6.45) is 3.78. The van der Waals surface area contributed by atoms with Crippen molar-refractivity contribution in [2.24, 2.45) is 5.92 Å². The molecule has 1 atom stereocenters. The van der Waals surface area contributed by atoms with Gasteiger partial charge in [0.1, 0.15) is 0 Å². The van der Waals surface area contributed by atoms with E-state index in [0.717, 1.165) is 12.8 Å². The van der Waals surface area contributed by atoms with Crippen LogP contribution in [0.25, 0.3) is 4.96 Å². The van der Waals surface area contributed by atoms with E-state index in [4.69, 9.17) is 0 Å². The van der Waals surface area contributed by atoms with E-state index in [2.05, 4.69) is 17.2 Å². The summed E-state index contributed by atoms with van der Waals surface area (Å²) >= 11 is 1.44. The van der Waals surface area contributed by atoms with Gasteiger partial charge >= 0.3 is 0 Å². The average Bonchev–Trinajstić information content (AvgIpc) is 2.99. The smallest absolute Gasteiger partial charge is 0.262 e. The molecular weight excluding hydrogens is 308 g/mol. The van der Waals surface area contributed by atoms with Crippen LogP contribution in [0.15, 0.2) is 16.6 Å². The second-order valence-electron chi connectivity index (χ2n) is 5.46. The molecule has 1 aliphatic heterocycles. The predicted octanol–water partition coefficient (Wildman–Crippen LogP) is 2.25. The molecule has 0 amide bonds. The lowest BCUT2D eigenvalue weighted by Crippen LogP contribution is -2.39. The minimum Gasteiger partial charge on any atom is -0.368 e. The minimum absolute atomic E-state index is 0.273. The van der Waals surface area contributed by atoms with Crippen LogP contribution < -0.4 is 5.32 Å². The second-order valence-corrected chi connectivity index (χ2v) is 8.19. The van der Waals surface area contributed by atoms with Gasteiger partial charge in [0.2, 0.25) is 0 Å². The first kappa shape index (κ1) is 14.8. The third kappa shape index (κ3) is 2.56. The van der Waals surface area contributed by atoms with E-state index in [1.165, 1.54) is 11.3 Å². The van der Waals surface area contributed by atoms with Crippen LogP contribution in [-0.4, -0.2) is 41.7 Å². The van der Waals surface area contributed by atoms with E-state index in [1.807, 2.05) is 12.3 Å². The van der Waals surface area contributed by atoms with Crippen LogP contribution in [0.4, 0.5) is 5.82 Å². The molecule has 0 aromatic carbocycles. The Morgan fingerprint density at radius 2 is 2.33 bits per heavy atom. The van der Waals surface area contributed by atoms with Crippen LogP contribution in [0.1, 0.15) is 26.7 Å². The SMILES string of the molecule is CCNc1nc2sccn2c1S(=O)(=O)N1CCCC(C)C1. The molecule has 21 heavy (non-hydrogen) atoms. The Morgan fingerprint density at radius 3 is 3.05 bits per heavy atom. The van der Waals surface area contributed by atoms with Crippen molar-refractivity contribution in [1.82, 2.24) is 13.7 Å². The van der Waals surface area contributed by atoms with E-state index >= 15 is 0 Å². The molecule has 3 rings (SSSR count). The van der Waals surface area contributed by atoms with Crippen molar-refractivity contribution in [1.29, 1.82) is 0 Å². The summed E-state index contributed by atoms with van der Waals surface area (Å²) in [4.78, 5) is 5.11. The molecule has 0 saturated carbocycles. The van der Waals surface area contributed by atoms with Crippen LogP contribution in [-0.2, 0) is 10.0 Å². The molecule has 2 aromatic rings. The molecule has 0 spiro atoms. The van der Waals surface area contributed by atoms with Gasteiger partial charge in [-0.2, -0.15) is 4.31 Å². The molecule has 0 bridgehead atoms. The number of piperidine rings is 1. The molecule has 1 unspecified atom stereocenters. The molecule has 2 aromatic heterocycles. The minimum atomic E-state index is -3.52. The maximum absolute atomic E-state index is 13.0. The molecule has 0 radical (unpaired) electrons. The van der Waals surface area contributed by atoms with Gasteiger partial charge in [0.25, 0.3) is 10.0 Å². The number of anilines is 1. The fraction of sp³-hybridized carbons (Fsp3) is 0.615. The number of sulfonamides is 1. The molecular formula is C13H20N4O2S2. The summed E-state index contributed by atoms with van der Waals surface area (Å²) in [7, 11) is -3.52. The zero-order valence-corrected chi connectivity index (χ0v) is 13.9. The number of aromatic nitrogens is 2. The van der Waals surface area contributed by atoms with Gasteiger partial charge in [0.05, 0.1) is 0 Å². The Labute approximate surface area is 128 Å². The maximum Gasteiger partial charge on any atom is 0.262 e. The Balaban J connectivity index is 2.08. The number of imidazole rings is 1. The number of thiazole rings is 1. The van der Waals surface area contributed by atoms with E-state index in [1.54, 1.807) is 14.9 Å². The van der Waals surface area contributed by atoms with Crippen molar-refractivity contribution in [2.75, 3.05) is 25.0 Å². The number of rotatable bonds is 4. The fourth-order valence-corrected chi connectivity index (χ4v) is 5.38. The lowest BCUT2D eigenvalue weighted by atomic mass is 10.0. The summed E-state index contributed by atoms with van der Waals surface area (Å²) in [5.74, 6) is 0.865. The zero-order valence-electron chi connectivity index (χ0n) is 12.2. The van der Waals surface area contributed by atoms with Gasteiger partial charge in [-0.25, -0.2) is 13.4 Å². The summed E-state index contributed by atoms with van der Waals surface area (Å²) in [5, 5.41) is 5.21. The standard InChI is InChI=1S/C13H20N4O2S2/c1-3-14-11-12(17-7-8-20-13(17)15-11)21(18,19)16-6-4-5-10(2)9-16/h7-8,10,14H,3-6,9H2,1-2H3. The van der Waals surface area contributed by atoms with Gasteiger partial charge in [-0.3, -0.25) is 4.40 Å². The fourth-order valence-electron chi connectivity index (χ4n) is 2.78. The Hall–Kier alpha value is -1.12. The van der Waals surface area contributed by atoms with Crippen molar-refractivity contribution in [3.8, 4) is 0 Å². The second kappa shape index (κ2) is 5.58. The number of hydrogen-bond acceptors (Lipinski definition) is 5. The Morgan fingerprint density at radius 1 is 1.52 bits per heavy atom. The lowest BCUT2D eigenvalue weighted by molar-refractivity contribution is 0.280.